The molecule has 0 aliphatic carbocycles. The lowest BCUT2D eigenvalue weighted by Gasteiger charge is -2.10. The monoisotopic (exact) mass is 668 g/mol. The number of amides is 2. The number of carboxylic acid groups (broad SMARTS) is 1. The van der Waals surface area contributed by atoms with Crippen molar-refractivity contribution in [2.75, 3.05) is 10.6 Å². The number of carbonyl (C=O) groups is 4. The number of anilines is 2. The molecule has 11 nitrogen and oxygen atoms in total. The van der Waals surface area contributed by atoms with E-state index in [1.165, 1.54) is 52.0 Å². The van der Waals surface area contributed by atoms with E-state index in [1.54, 1.807) is 48.5 Å². The third-order valence-corrected chi connectivity index (χ3v) is 6.86. The number of aromatic nitrogens is 4. The lowest BCUT2D eigenvalue weighted by Crippen LogP contribution is -2.17. The summed E-state index contributed by atoms with van der Waals surface area (Å²) in [6.07, 6.45) is 2.44. The van der Waals surface area contributed by atoms with Gasteiger partial charge in [0.25, 0.3) is 17.1 Å². The van der Waals surface area contributed by atoms with Gasteiger partial charge in [0, 0.05) is 11.1 Å². The standard InChI is InChI=1S/C17H11ClFN3O2.C17H12FN3O3/c18-15(23)14-10-20-22(13-4-2-1-3-5-13)16(14)21-17(24)11-6-8-12(19)9-7-11;18-12-8-6-11(7-9-12)16(22)20-15-14(17(23)24)10-19-21(15)13-4-2-1-3-5-13/h1-10H,(H,21,24);1-10H,(H,20,22)(H,23,24). The summed E-state index contributed by atoms with van der Waals surface area (Å²) in [5.74, 6) is -3.02. The van der Waals surface area contributed by atoms with Gasteiger partial charge in [0.1, 0.15) is 23.0 Å². The molecule has 0 saturated heterocycles. The molecule has 6 aromatic rings. The number of carboxylic acids is 1. The highest BCUT2D eigenvalue weighted by atomic mass is 35.5. The van der Waals surface area contributed by atoms with Gasteiger partial charge in [0.2, 0.25) is 0 Å². The second kappa shape index (κ2) is 14.7. The van der Waals surface area contributed by atoms with Gasteiger partial charge in [-0.1, -0.05) is 36.4 Å². The van der Waals surface area contributed by atoms with E-state index in [1.807, 2.05) is 12.1 Å². The summed E-state index contributed by atoms with van der Waals surface area (Å²) in [7, 11) is 0. The summed E-state index contributed by atoms with van der Waals surface area (Å²) >= 11 is 5.57. The highest BCUT2D eigenvalue weighted by Crippen LogP contribution is 2.23. The number of halogens is 3. The van der Waals surface area contributed by atoms with E-state index in [0.717, 1.165) is 18.3 Å². The second-order valence-electron chi connectivity index (χ2n) is 9.81. The third-order valence-electron chi connectivity index (χ3n) is 6.66. The van der Waals surface area contributed by atoms with Crippen molar-refractivity contribution in [2.45, 2.75) is 0 Å². The zero-order chi connectivity index (χ0) is 34.2. The summed E-state index contributed by atoms with van der Waals surface area (Å²) in [5, 5.41) is 21.8. The average Bonchev–Trinajstić information content (AvgIpc) is 3.71. The first kappa shape index (κ1) is 32.9. The molecule has 0 aliphatic rings. The van der Waals surface area contributed by atoms with Gasteiger partial charge >= 0.3 is 5.97 Å². The van der Waals surface area contributed by atoms with Crippen LogP contribution in [0, 0.1) is 11.6 Å². The fourth-order valence-corrected chi connectivity index (χ4v) is 4.47. The SMILES string of the molecule is O=C(Nc1c(C(=O)Cl)cnn1-c1ccccc1)c1ccc(F)cc1.O=C(Nc1c(C(=O)O)cnn1-c1ccccc1)c1ccc(F)cc1. The predicted molar refractivity (Wildman–Crippen MR) is 173 cm³/mol. The number of rotatable bonds is 8. The van der Waals surface area contributed by atoms with Gasteiger partial charge in [-0.15, -0.1) is 0 Å². The summed E-state index contributed by atoms with van der Waals surface area (Å²) in [5.41, 5.74) is 1.61. The molecule has 4 aromatic carbocycles. The summed E-state index contributed by atoms with van der Waals surface area (Å²) < 4.78 is 28.7. The summed E-state index contributed by atoms with van der Waals surface area (Å²) in [6, 6.07) is 27.7. The van der Waals surface area contributed by atoms with Crippen LogP contribution in [0.25, 0.3) is 11.4 Å². The number of nitrogens with zero attached hydrogens (tertiary/aromatic N) is 4. The van der Waals surface area contributed by atoms with E-state index in [0.29, 0.717) is 11.4 Å². The second-order valence-corrected chi connectivity index (χ2v) is 10.2. The molecule has 2 aromatic heterocycles. The van der Waals surface area contributed by atoms with Crippen LogP contribution in [0.4, 0.5) is 20.4 Å². The fraction of sp³-hybridized carbons (Fsp3) is 0. The van der Waals surface area contributed by atoms with E-state index in [-0.39, 0.29) is 33.9 Å². The van der Waals surface area contributed by atoms with Crippen molar-refractivity contribution in [2.24, 2.45) is 0 Å². The van der Waals surface area contributed by atoms with Gasteiger partial charge in [0.15, 0.2) is 5.82 Å². The first-order valence-electron chi connectivity index (χ1n) is 14.0. The molecule has 48 heavy (non-hydrogen) atoms. The summed E-state index contributed by atoms with van der Waals surface area (Å²) in [4.78, 5) is 47.6. The van der Waals surface area contributed by atoms with Gasteiger partial charge in [-0.05, 0) is 84.4 Å². The molecule has 2 heterocycles. The minimum Gasteiger partial charge on any atom is -0.477 e. The molecule has 14 heteroatoms. The van der Waals surface area contributed by atoms with Gasteiger partial charge in [-0.2, -0.15) is 10.2 Å². The van der Waals surface area contributed by atoms with Crippen LogP contribution in [0.3, 0.4) is 0 Å². The van der Waals surface area contributed by atoms with Gasteiger partial charge in [0.05, 0.1) is 29.3 Å². The average molecular weight is 669 g/mol. The molecular formula is C34H23ClF2N6O5. The Bertz CT molecular complexity index is 1930. The Morgan fingerprint density at radius 3 is 1.33 bits per heavy atom. The minimum atomic E-state index is -1.22. The van der Waals surface area contributed by atoms with E-state index in [9.17, 15) is 33.1 Å². The molecule has 240 valence electrons. The van der Waals surface area contributed by atoms with E-state index in [4.69, 9.17) is 11.6 Å². The van der Waals surface area contributed by atoms with Crippen LogP contribution < -0.4 is 10.6 Å². The van der Waals surface area contributed by atoms with Crippen molar-refractivity contribution in [1.29, 1.82) is 0 Å². The van der Waals surface area contributed by atoms with E-state index < -0.39 is 34.7 Å². The van der Waals surface area contributed by atoms with Gasteiger partial charge < -0.3 is 15.7 Å². The van der Waals surface area contributed by atoms with Crippen LogP contribution in [-0.2, 0) is 0 Å². The maximum atomic E-state index is 13.0. The maximum absolute atomic E-state index is 13.0. The Kier molecular flexibility index (Phi) is 10.1. The Balaban J connectivity index is 0.000000188. The third kappa shape index (κ3) is 7.66. The van der Waals surface area contributed by atoms with E-state index >= 15 is 0 Å². The molecule has 0 aliphatic heterocycles. The number of hydrogen-bond acceptors (Lipinski definition) is 6. The van der Waals surface area contributed by atoms with Crippen LogP contribution in [0.2, 0.25) is 0 Å². The molecule has 0 spiro atoms. The van der Waals surface area contributed by atoms with Gasteiger partial charge in [-0.3, -0.25) is 14.4 Å². The quantitative estimate of drug-likeness (QED) is 0.155. The van der Waals surface area contributed by atoms with Crippen molar-refractivity contribution < 1.29 is 33.1 Å². The molecule has 0 saturated carbocycles. The molecule has 0 atom stereocenters. The fourth-order valence-electron chi connectivity index (χ4n) is 4.33. The Morgan fingerprint density at radius 2 is 0.958 bits per heavy atom. The van der Waals surface area contributed by atoms with Crippen LogP contribution in [-0.4, -0.2) is 47.7 Å². The topological polar surface area (TPSA) is 148 Å². The van der Waals surface area contributed by atoms with Crippen molar-refractivity contribution in [3.05, 3.63) is 155 Å². The van der Waals surface area contributed by atoms with Crippen LogP contribution >= 0.6 is 11.6 Å². The lowest BCUT2D eigenvalue weighted by molar-refractivity contribution is 0.0697. The summed E-state index contributed by atoms with van der Waals surface area (Å²) in [6.45, 7) is 0. The Labute approximate surface area is 276 Å². The van der Waals surface area contributed by atoms with Crippen molar-refractivity contribution >= 4 is 46.3 Å². The molecule has 0 bridgehead atoms. The van der Waals surface area contributed by atoms with Crippen molar-refractivity contribution in [1.82, 2.24) is 19.6 Å². The first-order chi connectivity index (χ1) is 23.1. The number of hydrogen-bond donors (Lipinski definition) is 3. The molecular weight excluding hydrogens is 646 g/mol. The zero-order valence-electron chi connectivity index (χ0n) is 24.5. The number of carbonyl (C=O) groups excluding carboxylic acids is 3. The molecule has 6 rings (SSSR count). The highest BCUT2D eigenvalue weighted by Gasteiger charge is 2.21. The number of nitrogens with one attached hydrogen (secondary N) is 2. The molecule has 3 N–H and O–H groups in total. The predicted octanol–water partition coefficient (Wildman–Crippen LogP) is 6.60. The number of benzene rings is 4. The lowest BCUT2D eigenvalue weighted by atomic mass is 10.2. The number of para-hydroxylation sites is 2. The van der Waals surface area contributed by atoms with Gasteiger partial charge in [-0.25, -0.2) is 22.9 Å². The van der Waals surface area contributed by atoms with E-state index in [2.05, 4.69) is 20.8 Å². The smallest absolute Gasteiger partial charge is 0.341 e. The Morgan fingerprint density at radius 1 is 0.583 bits per heavy atom. The highest BCUT2D eigenvalue weighted by molar-refractivity contribution is 6.68. The Hall–Kier alpha value is -6.47. The normalized spacial score (nSPS) is 10.4. The minimum absolute atomic E-state index is 0.0306. The van der Waals surface area contributed by atoms with Crippen LogP contribution in [0.1, 0.15) is 41.4 Å². The maximum Gasteiger partial charge on any atom is 0.341 e. The largest absolute Gasteiger partial charge is 0.477 e. The zero-order valence-corrected chi connectivity index (χ0v) is 25.3. The van der Waals surface area contributed by atoms with Crippen LogP contribution in [0.15, 0.2) is 122 Å². The first-order valence-corrected chi connectivity index (χ1v) is 14.3. The molecule has 2 amide bonds. The molecule has 0 fully saturated rings. The molecule has 0 unspecified atom stereocenters. The van der Waals surface area contributed by atoms with Crippen molar-refractivity contribution in [3.63, 3.8) is 0 Å². The van der Waals surface area contributed by atoms with Crippen LogP contribution in [0.5, 0.6) is 0 Å². The number of aromatic carboxylic acids is 1. The molecule has 0 radical (unpaired) electrons. The van der Waals surface area contributed by atoms with Crippen molar-refractivity contribution in [3.8, 4) is 11.4 Å².